The van der Waals surface area contributed by atoms with E-state index >= 15 is 0 Å². The number of para-hydroxylation sites is 1. The minimum absolute atomic E-state index is 0.574. The van der Waals surface area contributed by atoms with Gasteiger partial charge in [0.1, 0.15) is 11.5 Å². The number of aryl methyl sites for hydroxylation is 1. The number of methoxy groups -OCH3 is 4. The minimum Gasteiger partial charge on any atom is -0.496 e. The third kappa shape index (κ3) is 3.25. The van der Waals surface area contributed by atoms with Crippen molar-refractivity contribution in [1.82, 2.24) is 0 Å². The molecule has 0 aromatic heterocycles. The number of anilines is 1. The summed E-state index contributed by atoms with van der Waals surface area (Å²) in [7, 11) is 6.41. The van der Waals surface area contributed by atoms with Crippen LogP contribution in [0, 0.1) is 6.92 Å². The number of hydrogen-bond acceptors (Lipinski definition) is 5. The molecule has 0 bridgehead atoms. The summed E-state index contributed by atoms with van der Waals surface area (Å²) in [5.74, 6) is 2.44. The molecule has 2 aromatic rings. The van der Waals surface area contributed by atoms with E-state index in [1.54, 1.807) is 28.4 Å². The lowest BCUT2D eigenvalue weighted by molar-refractivity contribution is 0.325. The van der Waals surface area contributed by atoms with Gasteiger partial charge in [0.25, 0.3) is 0 Å². The fourth-order valence-corrected chi connectivity index (χ4v) is 2.61. The normalized spacial score (nSPS) is 11.5. The molecule has 0 atom stereocenters. The highest BCUT2D eigenvalue weighted by Gasteiger charge is 2.19. The minimum atomic E-state index is 0.574. The molecule has 2 N–H and O–H groups in total. The van der Waals surface area contributed by atoms with E-state index in [0.717, 1.165) is 16.7 Å². The molecule has 0 aliphatic rings. The van der Waals surface area contributed by atoms with Crippen LogP contribution in [0.4, 0.5) is 5.69 Å². The molecule has 5 nitrogen and oxygen atoms in total. The number of nitrogens with two attached hydrogens (primary N) is 1. The van der Waals surface area contributed by atoms with Gasteiger partial charge in [0.2, 0.25) is 0 Å². The van der Waals surface area contributed by atoms with Crippen LogP contribution in [0.1, 0.15) is 16.7 Å². The van der Waals surface area contributed by atoms with Gasteiger partial charge in [-0.25, -0.2) is 0 Å². The zero-order chi connectivity index (χ0) is 17.7. The summed E-state index contributed by atoms with van der Waals surface area (Å²) in [6.45, 7) is 1.96. The molecule has 2 aromatic carbocycles. The van der Waals surface area contributed by atoms with Crippen molar-refractivity contribution in [3.8, 4) is 11.5 Å². The first-order chi connectivity index (χ1) is 11.6. The maximum Gasteiger partial charge on any atom is 0.172 e. The average Bonchev–Trinajstić information content (AvgIpc) is 2.60. The molecule has 0 heterocycles. The van der Waals surface area contributed by atoms with Crippen molar-refractivity contribution < 1.29 is 18.9 Å². The van der Waals surface area contributed by atoms with E-state index in [9.17, 15) is 0 Å². The molecule has 24 heavy (non-hydrogen) atoms. The number of nitrogen functional groups attached to an aromatic ring is 1. The van der Waals surface area contributed by atoms with Gasteiger partial charge < -0.3 is 24.7 Å². The van der Waals surface area contributed by atoms with Crippen molar-refractivity contribution in [1.29, 1.82) is 0 Å². The highest BCUT2D eigenvalue weighted by atomic mass is 16.5. The smallest absolute Gasteiger partial charge is 0.172 e. The molecule has 0 fully saturated rings. The van der Waals surface area contributed by atoms with Crippen LogP contribution in [0.25, 0.3) is 11.5 Å². The fourth-order valence-electron chi connectivity index (χ4n) is 2.61. The van der Waals surface area contributed by atoms with Crippen molar-refractivity contribution in [3.05, 3.63) is 53.1 Å². The molecule has 5 heteroatoms. The topological polar surface area (TPSA) is 62.9 Å². The van der Waals surface area contributed by atoms with Crippen LogP contribution in [0.3, 0.4) is 0 Å². The largest absolute Gasteiger partial charge is 0.496 e. The average molecular weight is 329 g/mol. The van der Waals surface area contributed by atoms with Crippen LogP contribution in [0.2, 0.25) is 0 Å². The predicted molar refractivity (Wildman–Crippen MR) is 96.0 cm³/mol. The number of rotatable bonds is 6. The molecule has 0 saturated heterocycles. The van der Waals surface area contributed by atoms with E-state index in [1.807, 2.05) is 43.3 Å². The Morgan fingerprint density at radius 3 is 1.96 bits per heavy atom. The van der Waals surface area contributed by atoms with Crippen molar-refractivity contribution in [3.63, 3.8) is 0 Å². The first kappa shape index (κ1) is 17.5. The second-order valence-corrected chi connectivity index (χ2v) is 5.18. The van der Waals surface area contributed by atoms with Crippen molar-refractivity contribution in [2.75, 3.05) is 34.2 Å². The summed E-state index contributed by atoms with van der Waals surface area (Å²) in [6, 6.07) is 11.3. The van der Waals surface area contributed by atoms with E-state index in [0.29, 0.717) is 28.7 Å². The van der Waals surface area contributed by atoms with Crippen LogP contribution < -0.4 is 15.2 Å². The zero-order valence-electron chi connectivity index (χ0n) is 14.7. The molecule has 0 radical (unpaired) electrons. The Morgan fingerprint density at radius 1 is 0.792 bits per heavy atom. The number of ether oxygens (including phenoxy) is 4. The maximum atomic E-state index is 5.97. The molecule has 2 rings (SSSR count). The van der Waals surface area contributed by atoms with Crippen molar-refractivity contribution >= 4 is 17.2 Å². The van der Waals surface area contributed by atoms with E-state index in [2.05, 4.69) is 0 Å². The SMILES string of the molecule is COC(=C(OC)c1ccccc1OC)c1cc(OC)c(N)cc1C. The molecule has 0 unspecified atom stereocenters. The van der Waals surface area contributed by atoms with Crippen molar-refractivity contribution in [2.45, 2.75) is 6.92 Å². The Labute approximate surface area is 142 Å². The lowest BCUT2D eigenvalue weighted by atomic mass is 10.0. The van der Waals surface area contributed by atoms with Crippen LogP contribution >= 0.6 is 0 Å². The number of hydrogen-bond donors (Lipinski definition) is 1. The summed E-state index contributed by atoms with van der Waals surface area (Å²) in [5, 5.41) is 0. The molecular weight excluding hydrogens is 306 g/mol. The zero-order valence-corrected chi connectivity index (χ0v) is 14.7. The standard InChI is InChI=1S/C19H23NO4/c1-12-10-15(20)17(22-3)11-14(12)19(24-5)18(23-4)13-8-6-7-9-16(13)21-2/h6-11H,20H2,1-5H3. The molecule has 0 spiro atoms. The summed E-state index contributed by atoms with van der Waals surface area (Å²) in [5.41, 5.74) is 9.14. The van der Waals surface area contributed by atoms with Gasteiger partial charge in [-0.1, -0.05) is 12.1 Å². The highest BCUT2D eigenvalue weighted by Crippen LogP contribution is 2.36. The van der Waals surface area contributed by atoms with Gasteiger partial charge in [-0.15, -0.1) is 0 Å². The molecule has 0 saturated carbocycles. The lowest BCUT2D eigenvalue weighted by Crippen LogP contribution is -2.02. The molecule has 128 valence electrons. The summed E-state index contributed by atoms with van der Waals surface area (Å²) in [4.78, 5) is 0. The molecule has 0 amide bonds. The van der Waals surface area contributed by atoms with Crippen LogP contribution in [0.15, 0.2) is 36.4 Å². The van der Waals surface area contributed by atoms with Gasteiger partial charge in [-0.2, -0.15) is 0 Å². The summed E-state index contributed by atoms with van der Waals surface area (Å²) >= 11 is 0. The van der Waals surface area contributed by atoms with Crippen LogP contribution in [-0.2, 0) is 9.47 Å². The molecular formula is C19H23NO4. The Bertz CT molecular complexity index is 753. The monoisotopic (exact) mass is 329 g/mol. The van der Waals surface area contributed by atoms with Crippen molar-refractivity contribution in [2.24, 2.45) is 0 Å². The van der Waals surface area contributed by atoms with E-state index in [-0.39, 0.29) is 0 Å². The lowest BCUT2D eigenvalue weighted by Gasteiger charge is -2.18. The molecule has 0 aliphatic carbocycles. The van der Waals surface area contributed by atoms with Gasteiger partial charge in [0.15, 0.2) is 11.5 Å². The van der Waals surface area contributed by atoms with E-state index in [1.165, 1.54) is 0 Å². The first-order valence-electron chi connectivity index (χ1n) is 7.47. The number of benzene rings is 2. The van der Waals surface area contributed by atoms with E-state index < -0.39 is 0 Å². The van der Waals surface area contributed by atoms with Crippen LogP contribution in [-0.4, -0.2) is 28.4 Å². The fraction of sp³-hybridized carbons (Fsp3) is 0.263. The third-order valence-corrected chi connectivity index (χ3v) is 3.79. The quantitative estimate of drug-likeness (QED) is 0.497. The second kappa shape index (κ2) is 7.64. The Hall–Kier alpha value is -2.82. The van der Waals surface area contributed by atoms with Gasteiger partial charge >= 0.3 is 0 Å². The van der Waals surface area contributed by atoms with Gasteiger partial charge in [-0.05, 0) is 36.8 Å². The summed E-state index contributed by atoms with van der Waals surface area (Å²) in [6.07, 6.45) is 0. The highest BCUT2D eigenvalue weighted by molar-refractivity contribution is 5.87. The Kier molecular flexibility index (Phi) is 5.58. The summed E-state index contributed by atoms with van der Waals surface area (Å²) < 4.78 is 22.1. The van der Waals surface area contributed by atoms with Gasteiger partial charge in [-0.3, -0.25) is 0 Å². The first-order valence-corrected chi connectivity index (χ1v) is 7.47. The maximum absolute atomic E-state index is 5.97. The predicted octanol–water partition coefficient (Wildman–Crippen LogP) is 3.71. The third-order valence-electron chi connectivity index (χ3n) is 3.79. The second-order valence-electron chi connectivity index (χ2n) is 5.18. The Balaban J connectivity index is 2.73. The van der Waals surface area contributed by atoms with E-state index in [4.69, 9.17) is 24.7 Å². The molecule has 0 aliphatic heterocycles. The van der Waals surface area contributed by atoms with Gasteiger partial charge in [0, 0.05) is 5.56 Å². The van der Waals surface area contributed by atoms with Gasteiger partial charge in [0.05, 0.1) is 39.7 Å². The van der Waals surface area contributed by atoms with Crippen LogP contribution in [0.5, 0.6) is 11.5 Å². The Morgan fingerprint density at radius 2 is 1.38 bits per heavy atom.